The van der Waals surface area contributed by atoms with Crippen molar-refractivity contribution in [2.75, 3.05) is 5.75 Å². The molecule has 1 N–H and O–H groups in total. The van der Waals surface area contributed by atoms with Gasteiger partial charge in [-0.3, -0.25) is 0 Å². The highest BCUT2D eigenvalue weighted by Crippen LogP contribution is 2.37. The molecule has 3 rings (SSSR count). The van der Waals surface area contributed by atoms with Gasteiger partial charge in [-0.1, -0.05) is 11.6 Å². The van der Waals surface area contributed by atoms with Crippen LogP contribution in [0, 0.1) is 0 Å². The number of hydrogen-bond acceptors (Lipinski definition) is 3. The number of fused-ring (bicyclic) bond motifs is 1. The molecule has 1 nitrogen and oxygen atoms in total. The van der Waals surface area contributed by atoms with E-state index in [9.17, 15) is 0 Å². The first kappa shape index (κ1) is 14.0. The second-order valence-corrected chi connectivity index (χ2v) is 8.38. The maximum atomic E-state index is 6.12. The average molecular weight is 375 g/mol. The molecule has 1 atom stereocenters. The molecule has 1 aliphatic rings. The first-order valence-electron chi connectivity index (χ1n) is 6.11. The molecule has 1 aliphatic heterocycles. The van der Waals surface area contributed by atoms with Crippen LogP contribution in [0.3, 0.4) is 0 Å². The summed E-state index contributed by atoms with van der Waals surface area (Å²) in [5.41, 5.74) is 2.68. The van der Waals surface area contributed by atoms with E-state index in [2.05, 4.69) is 44.8 Å². The molecule has 0 radical (unpaired) electrons. The van der Waals surface area contributed by atoms with E-state index >= 15 is 0 Å². The minimum Gasteiger partial charge on any atom is -0.306 e. The summed E-state index contributed by atoms with van der Waals surface area (Å²) in [7, 11) is 0. The standard InChI is InChI=1S/C14H13BrClNS2/c15-14-5-9(8-19-14)7-17-12-3-4-18-13-2-1-10(16)6-11(12)13/h1-2,5-6,8,12,17H,3-4,7H2. The highest BCUT2D eigenvalue weighted by Gasteiger charge is 2.20. The fourth-order valence-electron chi connectivity index (χ4n) is 2.26. The molecule has 2 aromatic rings. The van der Waals surface area contributed by atoms with Crippen LogP contribution < -0.4 is 5.32 Å². The van der Waals surface area contributed by atoms with Crippen LogP contribution in [0.1, 0.15) is 23.6 Å². The van der Waals surface area contributed by atoms with Crippen LogP contribution in [0.15, 0.2) is 38.3 Å². The lowest BCUT2D eigenvalue weighted by Crippen LogP contribution is -2.24. The quantitative estimate of drug-likeness (QED) is 0.762. The Bertz CT molecular complexity index is 585. The van der Waals surface area contributed by atoms with Crippen molar-refractivity contribution < 1.29 is 0 Å². The predicted molar refractivity (Wildman–Crippen MR) is 88.4 cm³/mol. The van der Waals surface area contributed by atoms with Gasteiger partial charge in [-0.05, 0) is 68.9 Å². The summed E-state index contributed by atoms with van der Waals surface area (Å²) in [5, 5.41) is 6.66. The van der Waals surface area contributed by atoms with Gasteiger partial charge in [0, 0.05) is 22.5 Å². The summed E-state index contributed by atoms with van der Waals surface area (Å²) in [6, 6.07) is 8.80. The minimum absolute atomic E-state index is 0.411. The molecule has 1 aromatic heterocycles. The molecule has 0 saturated carbocycles. The third-order valence-electron chi connectivity index (χ3n) is 3.19. The molecule has 1 aromatic carbocycles. The van der Waals surface area contributed by atoms with E-state index in [-0.39, 0.29) is 0 Å². The highest BCUT2D eigenvalue weighted by molar-refractivity contribution is 9.11. The molecule has 0 aliphatic carbocycles. The minimum atomic E-state index is 0.411. The largest absolute Gasteiger partial charge is 0.306 e. The number of rotatable bonds is 3. The van der Waals surface area contributed by atoms with Crippen LogP contribution in [-0.4, -0.2) is 5.75 Å². The fraction of sp³-hybridized carbons (Fsp3) is 0.286. The summed E-state index contributed by atoms with van der Waals surface area (Å²) in [4.78, 5) is 1.36. The number of thiophene rings is 1. The lowest BCUT2D eigenvalue weighted by atomic mass is 10.0. The first-order chi connectivity index (χ1) is 9.22. The normalized spacial score (nSPS) is 18.3. The van der Waals surface area contributed by atoms with Crippen molar-refractivity contribution in [1.82, 2.24) is 5.32 Å². The van der Waals surface area contributed by atoms with Crippen LogP contribution in [0.4, 0.5) is 0 Å². The van der Waals surface area contributed by atoms with Crippen molar-refractivity contribution in [2.24, 2.45) is 0 Å². The molecule has 0 saturated heterocycles. The maximum Gasteiger partial charge on any atom is 0.0701 e. The van der Waals surface area contributed by atoms with Crippen molar-refractivity contribution >= 4 is 50.6 Å². The summed E-state index contributed by atoms with van der Waals surface area (Å²) in [5.74, 6) is 1.17. The molecule has 1 unspecified atom stereocenters. The molecular formula is C14H13BrClNS2. The van der Waals surface area contributed by atoms with Gasteiger partial charge < -0.3 is 5.32 Å². The van der Waals surface area contributed by atoms with E-state index < -0.39 is 0 Å². The molecular weight excluding hydrogens is 362 g/mol. The molecule has 0 bridgehead atoms. The van der Waals surface area contributed by atoms with Crippen LogP contribution in [-0.2, 0) is 6.54 Å². The molecule has 0 amide bonds. The molecule has 2 heterocycles. The zero-order valence-corrected chi connectivity index (χ0v) is 14.1. The van der Waals surface area contributed by atoms with E-state index in [1.807, 2.05) is 17.8 Å². The first-order valence-corrected chi connectivity index (χ1v) is 9.14. The second kappa shape index (κ2) is 6.19. The number of thioether (sulfide) groups is 1. The SMILES string of the molecule is Clc1ccc2c(c1)C(NCc1csc(Br)c1)CCS2. The Hall–Kier alpha value is -0.000000000000000111. The van der Waals surface area contributed by atoms with Gasteiger partial charge in [0.2, 0.25) is 0 Å². The topological polar surface area (TPSA) is 12.0 Å². The molecule has 0 spiro atoms. The van der Waals surface area contributed by atoms with Crippen LogP contribution in [0.2, 0.25) is 5.02 Å². The molecule has 0 fully saturated rings. The fourth-order valence-corrected chi connectivity index (χ4v) is 4.75. The summed E-state index contributed by atoms with van der Waals surface area (Å²) in [6.07, 6.45) is 1.16. The zero-order valence-electron chi connectivity index (χ0n) is 10.2. The van der Waals surface area contributed by atoms with E-state index in [1.165, 1.54) is 25.6 Å². The molecule has 19 heavy (non-hydrogen) atoms. The van der Waals surface area contributed by atoms with Gasteiger partial charge in [0.05, 0.1) is 3.79 Å². The Labute approximate surface area is 134 Å². The van der Waals surface area contributed by atoms with Crippen molar-refractivity contribution in [1.29, 1.82) is 0 Å². The Kier molecular flexibility index (Phi) is 4.54. The number of hydrogen-bond donors (Lipinski definition) is 1. The number of halogens is 2. The summed E-state index contributed by atoms with van der Waals surface area (Å²) in [6.45, 7) is 0.906. The third kappa shape index (κ3) is 3.37. The van der Waals surface area contributed by atoms with Crippen LogP contribution in [0.5, 0.6) is 0 Å². The average Bonchev–Trinajstić information content (AvgIpc) is 2.82. The van der Waals surface area contributed by atoms with Crippen molar-refractivity contribution in [3.63, 3.8) is 0 Å². The van der Waals surface area contributed by atoms with Crippen LogP contribution >= 0.6 is 50.6 Å². The van der Waals surface area contributed by atoms with Gasteiger partial charge in [0.15, 0.2) is 0 Å². The van der Waals surface area contributed by atoms with Gasteiger partial charge in [-0.2, -0.15) is 0 Å². The molecule has 100 valence electrons. The smallest absolute Gasteiger partial charge is 0.0701 e. The molecule has 5 heteroatoms. The lowest BCUT2D eigenvalue weighted by molar-refractivity contribution is 0.510. The predicted octanol–water partition coefficient (Wildman–Crippen LogP) is 5.49. The Balaban J connectivity index is 1.74. The maximum absolute atomic E-state index is 6.12. The number of benzene rings is 1. The third-order valence-corrected chi connectivity index (χ3v) is 6.10. The van der Waals surface area contributed by atoms with Gasteiger partial charge in [-0.15, -0.1) is 23.1 Å². The zero-order chi connectivity index (χ0) is 13.2. The monoisotopic (exact) mass is 373 g/mol. The number of nitrogens with one attached hydrogen (secondary N) is 1. The van der Waals surface area contributed by atoms with E-state index in [4.69, 9.17) is 11.6 Å². The Morgan fingerprint density at radius 3 is 3.05 bits per heavy atom. The lowest BCUT2D eigenvalue weighted by Gasteiger charge is -2.26. The summed E-state index contributed by atoms with van der Waals surface area (Å²) >= 11 is 13.3. The second-order valence-electron chi connectivity index (χ2n) is 4.51. The Morgan fingerprint density at radius 2 is 2.26 bits per heavy atom. The van der Waals surface area contributed by atoms with E-state index in [0.29, 0.717) is 6.04 Å². The van der Waals surface area contributed by atoms with Gasteiger partial charge in [-0.25, -0.2) is 0 Å². The van der Waals surface area contributed by atoms with Crippen LogP contribution in [0.25, 0.3) is 0 Å². The van der Waals surface area contributed by atoms with Crippen molar-refractivity contribution in [3.8, 4) is 0 Å². The van der Waals surface area contributed by atoms with Crippen molar-refractivity contribution in [3.05, 3.63) is 49.6 Å². The van der Waals surface area contributed by atoms with Gasteiger partial charge in [0.1, 0.15) is 0 Å². The van der Waals surface area contributed by atoms with Gasteiger partial charge in [0.25, 0.3) is 0 Å². The highest BCUT2D eigenvalue weighted by atomic mass is 79.9. The Morgan fingerprint density at radius 1 is 1.37 bits per heavy atom. The van der Waals surface area contributed by atoms with Gasteiger partial charge >= 0.3 is 0 Å². The van der Waals surface area contributed by atoms with E-state index in [0.717, 1.165) is 18.0 Å². The summed E-state index contributed by atoms with van der Waals surface area (Å²) < 4.78 is 1.19. The van der Waals surface area contributed by atoms with Crippen molar-refractivity contribution in [2.45, 2.75) is 23.9 Å². The van der Waals surface area contributed by atoms with E-state index in [1.54, 1.807) is 11.3 Å².